The molecule has 0 aliphatic rings. The van der Waals surface area contributed by atoms with Crippen molar-refractivity contribution in [1.82, 2.24) is 0 Å². The van der Waals surface area contributed by atoms with E-state index in [0.29, 0.717) is 0 Å². The zero-order valence-electron chi connectivity index (χ0n) is 7.43. The molecule has 3 heteroatoms. The van der Waals surface area contributed by atoms with Crippen molar-refractivity contribution in [3.63, 3.8) is 0 Å². The van der Waals surface area contributed by atoms with Crippen LogP contribution in [0.25, 0.3) is 0 Å². The number of methoxy groups -OCH3 is 1. The lowest BCUT2D eigenvalue weighted by molar-refractivity contribution is 0.410. The molecule has 0 atom stereocenters. The third-order valence-corrected chi connectivity index (χ3v) is 2.94. The fraction of sp³-hybridized carbons (Fsp3) is 0.333. The maximum atomic E-state index is 5.29. The summed E-state index contributed by atoms with van der Waals surface area (Å²) in [5.41, 5.74) is 1.34. The molecular formula is C9H13IOSi. The monoisotopic (exact) mass is 292 g/mol. The van der Waals surface area contributed by atoms with Crippen molar-refractivity contribution in [3.05, 3.63) is 27.3 Å². The van der Waals surface area contributed by atoms with E-state index in [-0.39, 0.29) is 0 Å². The van der Waals surface area contributed by atoms with Crippen molar-refractivity contribution in [1.29, 1.82) is 0 Å². The summed E-state index contributed by atoms with van der Waals surface area (Å²) < 4.78 is 6.53. The molecule has 0 radical (unpaired) electrons. The van der Waals surface area contributed by atoms with Gasteiger partial charge < -0.3 is 4.74 Å². The summed E-state index contributed by atoms with van der Waals surface area (Å²) in [6, 6.07) is 7.69. The van der Waals surface area contributed by atoms with Crippen LogP contribution in [0.15, 0.2) is 18.2 Å². The summed E-state index contributed by atoms with van der Waals surface area (Å²) in [6.07, 6.45) is 1.16. The molecular weight excluding hydrogens is 279 g/mol. The van der Waals surface area contributed by atoms with E-state index in [1.807, 2.05) is 0 Å². The number of benzene rings is 1. The molecule has 1 rings (SSSR count). The number of hydrogen-bond donors (Lipinski definition) is 0. The Bertz CT molecular complexity index is 263. The van der Waals surface area contributed by atoms with E-state index < -0.39 is 0 Å². The van der Waals surface area contributed by atoms with Crippen molar-refractivity contribution in [3.8, 4) is 5.75 Å². The predicted octanol–water partition coefficient (Wildman–Crippen LogP) is 1.63. The Morgan fingerprint density at radius 2 is 2.25 bits per heavy atom. The third kappa shape index (κ3) is 2.48. The van der Waals surface area contributed by atoms with Crippen molar-refractivity contribution in [2.75, 3.05) is 7.11 Å². The van der Waals surface area contributed by atoms with Gasteiger partial charge in [0.05, 0.1) is 7.11 Å². The summed E-state index contributed by atoms with van der Waals surface area (Å²) in [4.78, 5) is 0. The fourth-order valence-electron chi connectivity index (χ4n) is 1.19. The van der Waals surface area contributed by atoms with Gasteiger partial charge in [-0.25, -0.2) is 0 Å². The highest BCUT2D eigenvalue weighted by Crippen LogP contribution is 2.22. The summed E-state index contributed by atoms with van der Waals surface area (Å²) in [5.74, 6) is 1.04. The van der Waals surface area contributed by atoms with Gasteiger partial charge in [0.2, 0.25) is 0 Å². The molecule has 0 amide bonds. The van der Waals surface area contributed by atoms with Gasteiger partial charge in [-0.2, -0.15) is 0 Å². The van der Waals surface area contributed by atoms with Crippen LogP contribution in [0.2, 0.25) is 6.04 Å². The van der Waals surface area contributed by atoms with E-state index in [4.69, 9.17) is 4.74 Å². The van der Waals surface area contributed by atoms with E-state index in [0.717, 1.165) is 12.2 Å². The minimum Gasteiger partial charge on any atom is -0.496 e. The molecule has 0 heterocycles. The summed E-state index contributed by atoms with van der Waals surface area (Å²) in [6.45, 7) is 0. The van der Waals surface area contributed by atoms with Crippen molar-refractivity contribution in [2.45, 2.75) is 12.5 Å². The van der Waals surface area contributed by atoms with Crippen LogP contribution in [-0.4, -0.2) is 17.4 Å². The first-order chi connectivity index (χ1) is 5.77. The molecule has 0 spiro atoms. The maximum absolute atomic E-state index is 5.29. The summed E-state index contributed by atoms with van der Waals surface area (Å²) in [5, 5.41) is 0. The standard InChI is InChI=1S/C9H13IOSi/c1-11-9-6-8(10)3-2-7(9)4-5-12/h2-3,6H,4-5H2,1,12H3. The zero-order chi connectivity index (χ0) is 8.97. The van der Waals surface area contributed by atoms with E-state index in [9.17, 15) is 0 Å². The van der Waals surface area contributed by atoms with Crippen LogP contribution in [0.1, 0.15) is 5.56 Å². The van der Waals surface area contributed by atoms with Crippen LogP contribution in [-0.2, 0) is 6.42 Å². The van der Waals surface area contributed by atoms with E-state index in [1.165, 1.54) is 25.4 Å². The highest BCUT2D eigenvalue weighted by Gasteiger charge is 2.01. The second-order valence-electron chi connectivity index (χ2n) is 2.71. The van der Waals surface area contributed by atoms with Gasteiger partial charge in [-0.15, -0.1) is 0 Å². The summed E-state index contributed by atoms with van der Waals surface area (Å²) >= 11 is 2.30. The van der Waals surface area contributed by atoms with Crippen LogP contribution in [0, 0.1) is 3.57 Å². The van der Waals surface area contributed by atoms with Gasteiger partial charge in [0.25, 0.3) is 0 Å². The van der Waals surface area contributed by atoms with Crippen molar-refractivity contribution in [2.24, 2.45) is 0 Å². The Labute approximate surface area is 90.1 Å². The quantitative estimate of drug-likeness (QED) is 0.608. The highest BCUT2D eigenvalue weighted by molar-refractivity contribution is 14.1. The first-order valence-corrected chi connectivity index (χ1v) is 6.59. The number of ether oxygens (including phenoxy) is 1. The molecule has 0 N–H and O–H groups in total. The normalized spacial score (nSPS) is 10.2. The van der Waals surface area contributed by atoms with Gasteiger partial charge in [-0.1, -0.05) is 12.1 Å². The molecule has 0 bridgehead atoms. The van der Waals surface area contributed by atoms with Crippen LogP contribution < -0.4 is 4.74 Å². The van der Waals surface area contributed by atoms with Crippen molar-refractivity contribution < 1.29 is 4.74 Å². The SMILES string of the molecule is COc1cc(I)ccc1CC[SiH3]. The molecule has 0 fully saturated rings. The molecule has 1 aromatic rings. The van der Waals surface area contributed by atoms with Gasteiger partial charge in [0.1, 0.15) is 5.75 Å². The lowest BCUT2D eigenvalue weighted by atomic mass is 10.1. The molecule has 1 nitrogen and oxygen atoms in total. The highest BCUT2D eigenvalue weighted by atomic mass is 127. The number of hydrogen-bond acceptors (Lipinski definition) is 1. The number of rotatable bonds is 3. The van der Waals surface area contributed by atoms with E-state index >= 15 is 0 Å². The Kier molecular flexibility index (Phi) is 4.07. The van der Waals surface area contributed by atoms with Crippen LogP contribution >= 0.6 is 22.6 Å². The first-order valence-electron chi connectivity index (χ1n) is 4.10. The molecule has 0 aliphatic carbocycles. The molecule has 0 unspecified atom stereocenters. The average molecular weight is 292 g/mol. The van der Waals surface area contributed by atoms with Gasteiger partial charge in [-0.05, 0) is 46.7 Å². The maximum Gasteiger partial charge on any atom is 0.123 e. The lowest BCUT2D eigenvalue weighted by Gasteiger charge is -2.07. The van der Waals surface area contributed by atoms with Gasteiger partial charge >= 0.3 is 0 Å². The minimum absolute atomic E-state index is 1.04. The lowest BCUT2D eigenvalue weighted by Crippen LogP contribution is -1.92. The largest absolute Gasteiger partial charge is 0.496 e. The second kappa shape index (κ2) is 4.86. The van der Waals surface area contributed by atoms with Gasteiger partial charge in [-0.3, -0.25) is 0 Å². The molecule has 1 aromatic carbocycles. The topological polar surface area (TPSA) is 9.23 Å². The van der Waals surface area contributed by atoms with E-state index in [1.54, 1.807) is 7.11 Å². The third-order valence-electron chi connectivity index (χ3n) is 1.77. The first kappa shape index (κ1) is 10.1. The molecule has 12 heavy (non-hydrogen) atoms. The van der Waals surface area contributed by atoms with Gasteiger partial charge in [0, 0.05) is 13.8 Å². The average Bonchev–Trinajstić information content (AvgIpc) is 2.08. The van der Waals surface area contributed by atoms with Gasteiger partial charge in [0.15, 0.2) is 0 Å². The van der Waals surface area contributed by atoms with E-state index in [2.05, 4.69) is 40.8 Å². The Hall–Kier alpha value is -0.0331. The minimum atomic E-state index is 1.04. The zero-order valence-corrected chi connectivity index (χ0v) is 11.6. The Balaban J connectivity index is 2.94. The van der Waals surface area contributed by atoms with Crippen LogP contribution in [0.3, 0.4) is 0 Å². The molecule has 66 valence electrons. The molecule has 0 saturated carbocycles. The number of halogens is 1. The number of aryl methyl sites for hydroxylation is 1. The van der Waals surface area contributed by atoms with Crippen LogP contribution in [0.5, 0.6) is 5.75 Å². The molecule has 0 aromatic heterocycles. The predicted molar refractivity (Wildman–Crippen MR) is 64.2 cm³/mol. The summed E-state index contributed by atoms with van der Waals surface area (Å²) in [7, 11) is 3.00. The fourth-order valence-corrected chi connectivity index (χ4v) is 2.20. The molecule has 0 aliphatic heterocycles. The Morgan fingerprint density at radius 3 is 2.83 bits per heavy atom. The van der Waals surface area contributed by atoms with Crippen molar-refractivity contribution >= 4 is 32.8 Å². The molecule has 0 saturated heterocycles. The van der Waals surface area contributed by atoms with Crippen LogP contribution in [0.4, 0.5) is 0 Å². The second-order valence-corrected chi connectivity index (χ2v) is 4.95. The smallest absolute Gasteiger partial charge is 0.123 e. The Morgan fingerprint density at radius 1 is 1.50 bits per heavy atom.